The molecule has 288 valence electrons. The molecule has 4 heteroatoms. The van der Waals surface area contributed by atoms with Crippen molar-refractivity contribution in [2.45, 2.75) is 19.3 Å². The summed E-state index contributed by atoms with van der Waals surface area (Å²) in [7, 11) is 0. The number of furan rings is 1. The second-order valence-electron chi connectivity index (χ2n) is 16.8. The molecule has 1 aliphatic rings. The van der Waals surface area contributed by atoms with Gasteiger partial charge in [-0.15, -0.1) is 22.7 Å². The molecule has 0 saturated heterocycles. The van der Waals surface area contributed by atoms with Crippen LogP contribution in [0.15, 0.2) is 192 Å². The number of hydrogen-bond donors (Lipinski definition) is 0. The van der Waals surface area contributed by atoms with Crippen molar-refractivity contribution < 1.29 is 4.42 Å². The van der Waals surface area contributed by atoms with E-state index in [1.165, 1.54) is 79.4 Å². The Labute approximate surface area is 361 Å². The van der Waals surface area contributed by atoms with Crippen molar-refractivity contribution in [1.29, 1.82) is 0 Å². The minimum absolute atomic E-state index is 0.0541. The smallest absolute Gasteiger partial charge is 0.143 e. The maximum Gasteiger partial charge on any atom is 0.143 e. The quantitative estimate of drug-likeness (QED) is 0.172. The lowest BCUT2D eigenvalue weighted by atomic mass is 9.82. The fourth-order valence-electron chi connectivity index (χ4n) is 10.2. The summed E-state index contributed by atoms with van der Waals surface area (Å²) in [5.41, 5.74) is 15.4. The summed E-state index contributed by atoms with van der Waals surface area (Å²) in [5, 5.41) is 7.52. The van der Waals surface area contributed by atoms with Gasteiger partial charge in [0.2, 0.25) is 0 Å². The molecule has 12 aromatic rings. The van der Waals surface area contributed by atoms with Crippen LogP contribution < -0.4 is 4.90 Å². The van der Waals surface area contributed by atoms with Crippen LogP contribution in [0, 0.1) is 0 Å². The molecule has 0 amide bonds. The van der Waals surface area contributed by atoms with E-state index in [9.17, 15) is 0 Å². The average Bonchev–Trinajstić information content (AvgIpc) is 4.06. The molecule has 3 aromatic heterocycles. The monoisotopic (exact) mass is 815 g/mol. The van der Waals surface area contributed by atoms with Crippen molar-refractivity contribution in [3.8, 4) is 33.4 Å². The largest absolute Gasteiger partial charge is 0.455 e. The van der Waals surface area contributed by atoms with Crippen molar-refractivity contribution >= 4 is 102 Å². The van der Waals surface area contributed by atoms with Crippen molar-refractivity contribution in [3.63, 3.8) is 0 Å². The third kappa shape index (κ3) is 5.07. The number of benzene rings is 9. The van der Waals surface area contributed by atoms with Crippen LogP contribution >= 0.6 is 22.7 Å². The van der Waals surface area contributed by atoms with E-state index in [4.69, 9.17) is 4.42 Å². The zero-order valence-electron chi connectivity index (χ0n) is 33.6. The third-order valence-electron chi connectivity index (χ3n) is 13.1. The molecule has 0 fully saturated rings. The minimum atomic E-state index is -0.0541. The van der Waals surface area contributed by atoms with Gasteiger partial charge < -0.3 is 9.32 Å². The zero-order valence-corrected chi connectivity index (χ0v) is 35.2. The molecule has 1 aliphatic carbocycles. The van der Waals surface area contributed by atoms with E-state index in [0.717, 1.165) is 44.4 Å². The van der Waals surface area contributed by atoms with Crippen LogP contribution in [0.2, 0.25) is 0 Å². The predicted molar refractivity (Wildman–Crippen MR) is 263 cm³/mol. The standard InChI is InChI=1S/C57H37NOS2/c1-57(2)47-20-6-3-14-46(47)52-48(57)33-32-45-44-19-11-21-49(55(44)61-56(45)52)58(36-28-24-34(25-29-36)38-15-9-17-42-40-12-4-7-22-50(40)59-53(38)42)37-30-26-35(27-31-37)39-16-10-18-43-41-13-5-8-23-51(41)60-54(39)43/h3-33H,1-2H3. The Morgan fingerprint density at radius 3 is 1.80 bits per heavy atom. The van der Waals surface area contributed by atoms with Gasteiger partial charge in [-0.3, -0.25) is 0 Å². The zero-order chi connectivity index (χ0) is 40.4. The van der Waals surface area contributed by atoms with Gasteiger partial charge in [0, 0.05) is 74.3 Å². The maximum absolute atomic E-state index is 6.48. The molecule has 0 unspecified atom stereocenters. The summed E-state index contributed by atoms with van der Waals surface area (Å²) in [5.74, 6) is 0. The highest BCUT2D eigenvalue weighted by Crippen LogP contribution is 2.55. The van der Waals surface area contributed by atoms with Gasteiger partial charge in [-0.2, -0.15) is 0 Å². The second-order valence-corrected chi connectivity index (χ2v) is 18.9. The van der Waals surface area contributed by atoms with Gasteiger partial charge in [0.1, 0.15) is 11.2 Å². The van der Waals surface area contributed by atoms with Crippen molar-refractivity contribution in [2.75, 3.05) is 4.90 Å². The molecule has 0 bridgehead atoms. The van der Waals surface area contributed by atoms with Gasteiger partial charge in [0.25, 0.3) is 0 Å². The van der Waals surface area contributed by atoms with Gasteiger partial charge >= 0.3 is 0 Å². The number of anilines is 3. The topological polar surface area (TPSA) is 16.4 Å². The Hall–Kier alpha value is -6.98. The van der Waals surface area contributed by atoms with Gasteiger partial charge in [0.15, 0.2) is 0 Å². The van der Waals surface area contributed by atoms with E-state index in [0.29, 0.717) is 0 Å². The van der Waals surface area contributed by atoms with E-state index in [1.54, 1.807) is 0 Å². The lowest BCUT2D eigenvalue weighted by Gasteiger charge is -2.26. The van der Waals surface area contributed by atoms with Crippen LogP contribution in [0.1, 0.15) is 25.0 Å². The number of fused-ring (bicyclic) bond motifs is 13. The molecule has 0 radical (unpaired) electrons. The number of para-hydroxylation sites is 2. The second kappa shape index (κ2) is 13.0. The highest BCUT2D eigenvalue weighted by atomic mass is 32.1. The fourth-order valence-corrected chi connectivity index (χ4v) is 12.8. The lowest BCUT2D eigenvalue weighted by molar-refractivity contribution is 0.661. The lowest BCUT2D eigenvalue weighted by Crippen LogP contribution is -2.14. The number of hydrogen-bond acceptors (Lipinski definition) is 4. The summed E-state index contributed by atoms with van der Waals surface area (Å²) < 4.78 is 11.8. The van der Waals surface area contributed by atoms with Crippen molar-refractivity contribution in [2.24, 2.45) is 0 Å². The Bertz CT molecular complexity index is 3580. The van der Waals surface area contributed by atoms with Crippen LogP contribution in [0.3, 0.4) is 0 Å². The maximum atomic E-state index is 6.48. The predicted octanol–water partition coefficient (Wildman–Crippen LogP) is 17.4. The Morgan fingerprint density at radius 2 is 1.00 bits per heavy atom. The molecule has 0 aliphatic heterocycles. The highest BCUT2D eigenvalue weighted by molar-refractivity contribution is 7.27. The van der Waals surface area contributed by atoms with Crippen LogP contribution in [-0.4, -0.2) is 0 Å². The van der Waals surface area contributed by atoms with Crippen molar-refractivity contribution in [1.82, 2.24) is 0 Å². The van der Waals surface area contributed by atoms with E-state index >= 15 is 0 Å². The van der Waals surface area contributed by atoms with Crippen LogP contribution in [-0.2, 0) is 5.41 Å². The fraction of sp³-hybridized carbons (Fsp3) is 0.0526. The summed E-state index contributed by atoms with van der Waals surface area (Å²) in [6.07, 6.45) is 0. The first-order chi connectivity index (χ1) is 30.0. The molecule has 0 saturated carbocycles. The number of rotatable bonds is 5. The Kier molecular flexibility index (Phi) is 7.43. The molecule has 61 heavy (non-hydrogen) atoms. The van der Waals surface area contributed by atoms with Crippen LogP contribution in [0.4, 0.5) is 17.1 Å². The number of thiophene rings is 2. The average molecular weight is 816 g/mol. The first-order valence-electron chi connectivity index (χ1n) is 20.9. The number of nitrogens with zero attached hydrogens (tertiary/aromatic N) is 1. The van der Waals surface area contributed by atoms with Gasteiger partial charge in [-0.1, -0.05) is 159 Å². The van der Waals surface area contributed by atoms with Gasteiger partial charge in [-0.05, 0) is 75.8 Å². The summed E-state index contributed by atoms with van der Waals surface area (Å²) in [6, 6.07) is 69.0. The van der Waals surface area contributed by atoms with E-state index < -0.39 is 0 Å². The first kappa shape index (κ1) is 34.8. The molecule has 0 atom stereocenters. The molecular weight excluding hydrogens is 779 g/mol. The molecule has 0 N–H and O–H groups in total. The highest BCUT2D eigenvalue weighted by Gasteiger charge is 2.37. The van der Waals surface area contributed by atoms with Crippen LogP contribution in [0.5, 0.6) is 0 Å². The first-order valence-corrected chi connectivity index (χ1v) is 22.5. The van der Waals surface area contributed by atoms with E-state index in [2.05, 4.69) is 201 Å². The van der Waals surface area contributed by atoms with E-state index in [1.807, 2.05) is 28.7 Å². The summed E-state index contributed by atoms with van der Waals surface area (Å²) in [4.78, 5) is 2.45. The normalized spacial score (nSPS) is 13.2. The van der Waals surface area contributed by atoms with Crippen molar-refractivity contribution in [3.05, 3.63) is 199 Å². The third-order valence-corrected chi connectivity index (χ3v) is 15.6. The molecule has 13 rings (SSSR count). The molecule has 2 nitrogen and oxygen atoms in total. The molecule has 9 aromatic carbocycles. The van der Waals surface area contributed by atoms with Crippen LogP contribution in [0.25, 0.3) is 95.7 Å². The van der Waals surface area contributed by atoms with Gasteiger partial charge in [0.05, 0.1) is 10.4 Å². The Morgan fingerprint density at radius 1 is 0.410 bits per heavy atom. The SMILES string of the molecule is CC1(C)c2ccccc2-c2c1ccc1c2sc2c(N(c3ccc(-c4cccc5c4oc4ccccc45)cc3)c3ccc(-c4cccc5c4sc4ccccc45)cc3)cccc21. The summed E-state index contributed by atoms with van der Waals surface area (Å²) in [6.45, 7) is 4.74. The van der Waals surface area contributed by atoms with Gasteiger partial charge in [-0.25, -0.2) is 0 Å². The minimum Gasteiger partial charge on any atom is -0.455 e. The molecular formula is C57H37NOS2. The van der Waals surface area contributed by atoms with E-state index in [-0.39, 0.29) is 5.41 Å². The Balaban J connectivity index is 0.990. The summed E-state index contributed by atoms with van der Waals surface area (Å²) >= 11 is 3.81. The molecule has 0 spiro atoms. The molecule has 3 heterocycles.